The lowest BCUT2D eigenvalue weighted by Crippen LogP contribution is -2.47. The highest BCUT2D eigenvalue weighted by atomic mass is 16.7. The van der Waals surface area contributed by atoms with Crippen LogP contribution in [0, 0.1) is 0 Å². The molecule has 0 spiro atoms. The van der Waals surface area contributed by atoms with Gasteiger partial charge in [0.2, 0.25) is 12.7 Å². The third-order valence-electron chi connectivity index (χ3n) is 5.31. The molecule has 1 amide bonds. The van der Waals surface area contributed by atoms with E-state index in [0.29, 0.717) is 32.6 Å². The molecule has 0 aliphatic carbocycles. The van der Waals surface area contributed by atoms with Crippen LogP contribution in [0.1, 0.15) is 24.0 Å². The number of fused-ring (bicyclic) bond motifs is 1. The fraction of sp³-hybridized carbons (Fsp3) is 0.381. The Labute approximate surface area is 158 Å². The Morgan fingerprint density at radius 1 is 1.07 bits per heavy atom. The van der Waals surface area contributed by atoms with Crippen LogP contribution in [-0.2, 0) is 21.5 Å². The van der Waals surface area contributed by atoms with E-state index < -0.39 is 5.41 Å². The Morgan fingerprint density at radius 3 is 2.56 bits per heavy atom. The van der Waals surface area contributed by atoms with Gasteiger partial charge < -0.3 is 24.3 Å². The largest absolute Gasteiger partial charge is 0.497 e. The molecule has 2 aliphatic heterocycles. The average Bonchev–Trinajstić information content (AvgIpc) is 3.20. The Balaban J connectivity index is 1.52. The fourth-order valence-electron chi connectivity index (χ4n) is 3.68. The number of amides is 1. The normalized spacial score (nSPS) is 17.4. The van der Waals surface area contributed by atoms with Crippen molar-refractivity contribution in [3.8, 4) is 17.2 Å². The number of ether oxygens (including phenoxy) is 4. The molecule has 1 fully saturated rings. The summed E-state index contributed by atoms with van der Waals surface area (Å²) in [6, 6.07) is 13.5. The van der Waals surface area contributed by atoms with E-state index in [0.717, 1.165) is 28.4 Å². The van der Waals surface area contributed by atoms with Crippen LogP contribution < -0.4 is 19.5 Å². The lowest BCUT2D eigenvalue weighted by atomic mass is 9.73. The molecule has 0 aromatic heterocycles. The smallest absolute Gasteiger partial charge is 0.231 e. The molecule has 1 saturated heterocycles. The van der Waals surface area contributed by atoms with Crippen LogP contribution >= 0.6 is 0 Å². The number of methoxy groups -OCH3 is 1. The zero-order chi connectivity index (χ0) is 18.7. The molecular weight excluding hydrogens is 346 g/mol. The third kappa shape index (κ3) is 3.45. The summed E-state index contributed by atoms with van der Waals surface area (Å²) in [6.07, 6.45) is 1.32. The number of rotatable bonds is 5. The molecule has 6 heteroatoms. The zero-order valence-electron chi connectivity index (χ0n) is 15.3. The Kier molecular flexibility index (Phi) is 4.90. The van der Waals surface area contributed by atoms with Crippen LogP contribution in [0.4, 0.5) is 0 Å². The zero-order valence-corrected chi connectivity index (χ0v) is 15.3. The van der Waals surface area contributed by atoms with Gasteiger partial charge in [0.15, 0.2) is 11.5 Å². The van der Waals surface area contributed by atoms with E-state index in [1.807, 2.05) is 42.5 Å². The van der Waals surface area contributed by atoms with Crippen molar-refractivity contribution in [2.45, 2.75) is 24.8 Å². The first-order valence-electron chi connectivity index (χ1n) is 9.10. The van der Waals surface area contributed by atoms with Crippen LogP contribution in [0.3, 0.4) is 0 Å². The second-order valence-electron chi connectivity index (χ2n) is 6.79. The number of carbonyl (C=O) groups excluding carboxylic acids is 1. The number of hydrogen-bond acceptors (Lipinski definition) is 5. The minimum Gasteiger partial charge on any atom is -0.497 e. The van der Waals surface area contributed by atoms with Gasteiger partial charge in [-0.1, -0.05) is 18.2 Å². The monoisotopic (exact) mass is 369 g/mol. The molecule has 0 bridgehead atoms. The highest BCUT2D eigenvalue weighted by molar-refractivity contribution is 5.88. The van der Waals surface area contributed by atoms with Gasteiger partial charge in [0.1, 0.15) is 5.75 Å². The van der Waals surface area contributed by atoms with E-state index >= 15 is 0 Å². The van der Waals surface area contributed by atoms with Crippen LogP contribution in [0.5, 0.6) is 17.2 Å². The van der Waals surface area contributed by atoms with Gasteiger partial charge in [0.25, 0.3) is 0 Å². The average molecular weight is 369 g/mol. The molecule has 0 unspecified atom stereocenters. The first-order valence-corrected chi connectivity index (χ1v) is 9.10. The Hall–Kier alpha value is -2.73. The van der Waals surface area contributed by atoms with Crippen molar-refractivity contribution in [2.75, 3.05) is 27.1 Å². The van der Waals surface area contributed by atoms with Gasteiger partial charge in [0, 0.05) is 19.8 Å². The van der Waals surface area contributed by atoms with Gasteiger partial charge in [-0.05, 0) is 48.2 Å². The lowest BCUT2D eigenvalue weighted by Gasteiger charge is -2.36. The fourth-order valence-corrected chi connectivity index (χ4v) is 3.68. The first kappa shape index (κ1) is 17.7. The van der Waals surface area contributed by atoms with E-state index in [-0.39, 0.29) is 12.7 Å². The maximum absolute atomic E-state index is 13.2. The molecule has 6 nitrogen and oxygen atoms in total. The van der Waals surface area contributed by atoms with Crippen molar-refractivity contribution in [1.82, 2.24) is 5.32 Å². The minimum absolute atomic E-state index is 0.0219. The van der Waals surface area contributed by atoms with Crippen molar-refractivity contribution in [1.29, 1.82) is 0 Å². The molecule has 142 valence electrons. The second kappa shape index (κ2) is 7.48. The van der Waals surface area contributed by atoms with Gasteiger partial charge in [-0.3, -0.25) is 4.79 Å². The van der Waals surface area contributed by atoms with Crippen LogP contribution in [0.25, 0.3) is 0 Å². The van der Waals surface area contributed by atoms with E-state index in [2.05, 4.69) is 5.32 Å². The van der Waals surface area contributed by atoms with Gasteiger partial charge in [-0.2, -0.15) is 0 Å². The minimum atomic E-state index is -0.582. The molecule has 0 saturated carbocycles. The Bertz CT molecular complexity index is 812. The van der Waals surface area contributed by atoms with Gasteiger partial charge in [-0.15, -0.1) is 0 Å². The van der Waals surface area contributed by atoms with E-state index in [4.69, 9.17) is 18.9 Å². The molecular formula is C21H23NO5. The molecule has 0 atom stereocenters. The molecule has 2 aromatic rings. The van der Waals surface area contributed by atoms with Gasteiger partial charge in [-0.25, -0.2) is 0 Å². The molecule has 1 N–H and O–H groups in total. The summed E-state index contributed by atoms with van der Waals surface area (Å²) in [7, 11) is 1.64. The summed E-state index contributed by atoms with van der Waals surface area (Å²) in [6.45, 7) is 1.83. The molecule has 0 radical (unpaired) electrons. The second-order valence-corrected chi connectivity index (χ2v) is 6.79. The lowest BCUT2D eigenvalue weighted by molar-refractivity contribution is -0.130. The van der Waals surface area contributed by atoms with Crippen molar-refractivity contribution in [3.63, 3.8) is 0 Å². The van der Waals surface area contributed by atoms with Crippen molar-refractivity contribution in [2.24, 2.45) is 0 Å². The van der Waals surface area contributed by atoms with Crippen LogP contribution in [-0.4, -0.2) is 33.0 Å². The number of carbonyl (C=O) groups is 1. The van der Waals surface area contributed by atoms with Crippen molar-refractivity contribution >= 4 is 5.91 Å². The topological polar surface area (TPSA) is 66.0 Å². The van der Waals surface area contributed by atoms with Crippen molar-refractivity contribution < 1.29 is 23.7 Å². The standard InChI is InChI=1S/C21H23NO5/c1-24-17-5-3-16(4-6-17)21(8-10-25-11-9-21)20(23)22-13-15-2-7-18-19(12-15)27-14-26-18/h2-7,12H,8-11,13-14H2,1H3,(H,22,23). The van der Waals surface area contributed by atoms with E-state index in [1.54, 1.807) is 7.11 Å². The maximum Gasteiger partial charge on any atom is 0.231 e. The van der Waals surface area contributed by atoms with Crippen LogP contribution in [0.2, 0.25) is 0 Å². The predicted octanol–water partition coefficient (Wildman–Crippen LogP) is 2.79. The summed E-state index contributed by atoms with van der Waals surface area (Å²) in [5, 5.41) is 3.11. The maximum atomic E-state index is 13.2. The summed E-state index contributed by atoms with van der Waals surface area (Å²) >= 11 is 0. The summed E-state index contributed by atoms with van der Waals surface area (Å²) in [5.74, 6) is 2.26. The van der Waals surface area contributed by atoms with Gasteiger partial charge in [0.05, 0.1) is 12.5 Å². The third-order valence-corrected chi connectivity index (χ3v) is 5.31. The van der Waals surface area contributed by atoms with Crippen LogP contribution in [0.15, 0.2) is 42.5 Å². The van der Waals surface area contributed by atoms with Gasteiger partial charge >= 0.3 is 0 Å². The van der Waals surface area contributed by atoms with E-state index in [9.17, 15) is 4.79 Å². The number of nitrogens with one attached hydrogen (secondary N) is 1. The SMILES string of the molecule is COc1ccc(C2(C(=O)NCc3ccc4c(c3)OCO4)CCOCC2)cc1. The molecule has 27 heavy (non-hydrogen) atoms. The highest BCUT2D eigenvalue weighted by Crippen LogP contribution is 2.36. The van der Waals surface area contributed by atoms with Crippen molar-refractivity contribution in [3.05, 3.63) is 53.6 Å². The summed E-state index contributed by atoms with van der Waals surface area (Å²) in [5.41, 5.74) is 1.39. The first-order chi connectivity index (χ1) is 13.2. The van der Waals surface area contributed by atoms with E-state index in [1.165, 1.54) is 0 Å². The quantitative estimate of drug-likeness (QED) is 0.878. The summed E-state index contributed by atoms with van der Waals surface area (Å²) in [4.78, 5) is 13.2. The molecule has 4 rings (SSSR count). The highest BCUT2D eigenvalue weighted by Gasteiger charge is 2.41. The predicted molar refractivity (Wildman–Crippen MR) is 99.1 cm³/mol. The molecule has 2 aliphatic rings. The molecule has 2 heterocycles. The summed E-state index contributed by atoms with van der Waals surface area (Å²) < 4.78 is 21.5. The number of hydrogen-bond donors (Lipinski definition) is 1. The molecule has 2 aromatic carbocycles. The number of benzene rings is 2. The Morgan fingerprint density at radius 2 is 1.81 bits per heavy atom.